The summed E-state index contributed by atoms with van der Waals surface area (Å²) >= 11 is 6.17. The third kappa shape index (κ3) is 3.87. The molecule has 0 amide bonds. The minimum absolute atomic E-state index is 0.203. The van der Waals surface area contributed by atoms with Crippen molar-refractivity contribution in [1.29, 1.82) is 0 Å². The Morgan fingerprint density at radius 1 is 1.32 bits per heavy atom. The zero-order valence-electron chi connectivity index (χ0n) is 9.63. The van der Waals surface area contributed by atoms with Crippen molar-refractivity contribution in [1.82, 2.24) is 0 Å². The van der Waals surface area contributed by atoms with Gasteiger partial charge in [0.2, 0.25) is 0 Å². The van der Waals surface area contributed by atoms with Crippen LogP contribution < -0.4 is 5.73 Å². The van der Waals surface area contributed by atoms with E-state index in [-0.39, 0.29) is 5.56 Å². The van der Waals surface area contributed by atoms with E-state index >= 15 is 0 Å². The van der Waals surface area contributed by atoms with Gasteiger partial charge in [0.1, 0.15) is 5.82 Å². The molecular formula is C11H9ClF4N2S. The van der Waals surface area contributed by atoms with Crippen LogP contribution in [0.25, 0.3) is 5.70 Å². The first-order valence-corrected chi connectivity index (χ1v) is 6.43. The zero-order valence-corrected chi connectivity index (χ0v) is 11.2. The number of halogens is 5. The monoisotopic (exact) mass is 312 g/mol. The number of hydrogen-bond acceptors (Lipinski definition) is 3. The largest absolute Gasteiger partial charge is 0.435 e. The molecule has 1 aromatic carbocycles. The number of alkyl halides is 3. The van der Waals surface area contributed by atoms with Gasteiger partial charge in [0, 0.05) is 11.8 Å². The van der Waals surface area contributed by atoms with Gasteiger partial charge in [0.25, 0.3) is 0 Å². The van der Waals surface area contributed by atoms with E-state index in [1.165, 1.54) is 24.5 Å². The first-order chi connectivity index (χ1) is 8.79. The molecule has 0 saturated heterocycles. The predicted octanol–water partition coefficient (Wildman–Crippen LogP) is 3.97. The maximum atomic E-state index is 13.4. The van der Waals surface area contributed by atoms with Gasteiger partial charge in [-0.3, -0.25) is 0 Å². The van der Waals surface area contributed by atoms with Gasteiger partial charge in [-0.15, -0.1) is 0 Å². The highest BCUT2D eigenvalue weighted by atomic mass is 35.5. The van der Waals surface area contributed by atoms with Crippen molar-refractivity contribution >= 4 is 35.0 Å². The van der Waals surface area contributed by atoms with Crippen LogP contribution in [0, 0.1) is 5.82 Å². The molecule has 2 nitrogen and oxygen atoms in total. The Morgan fingerprint density at radius 3 is 2.37 bits per heavy atom. The number of nitrogens with zero attached hydrogens (tertiary/aromatic N) is 1. The van der Waals surface area contributed by atoms with Gasteiger partial charge in [0.15, 0.2) is 5.71 Å². The normalized spacial score (nSPS) is 14.3. The summed E-state index contributed by atoms with van der Waals surface area (Å²) in [6.45, 7) is 0. The summed E-state index contributed by atoms with van der Waals surface area (Å²) in [7, 11) is 0. The highest BCUT2D eigenvalue weighted by molar-refractivity contribution is 7.97. The molecule has 0 spiro atoms. The van der Waals surface area contributed by atoms with Gasteiger partial charge in [-0.1, -0.05) is 23.7 Å². The molecule has 0 saturated carbocycles. The van der Waals surface area contributed by atoms with Crippen molar-refractivity contribution < 1.29 is 17.6 Å². The first-order valence-electron chi connectivity index (χ1n) is 4.88. The number of benzene rings is 1. The van der Waals surface area contributed by atoms with Gasteiger partial charge in [-0.2, -0.15) is 13.2 Å². The second-order valence-electron chi connectivity index (χ2n) is 3.33. The lowest BCUT2D eigenvalue weighted by molar-refractivity contribution is -0.0576. The van der Waals surface area contributed by atoms with Crippen molar-refractivity contribution in [2.24, 2.45) is 10.1 Å². The van der Waals surface area contributed by atoms with Crippen LogP contribution in [0.15, 0.2) is 33.7 Å². The second-order valence-corrected chi connectivity index (χ2v) is 4.25. The van der Waals surface area contributed by atoms with Crippen molar-refractivity contribution in [3.8, 4) is 0 Å². The topological polar surface area (TPSA) is 38.4 Å². The van der Waals surface area contributed by atoms with E-state index in [2.05, 4.69) is 4.40 Å². The minimum atomic E-state index is -4.77. The Hall–Kier alpha value is -1.21. The molecule has 0 fully saturated rings. The Bertz CT molecular complexity index is 526. The van der Waals surface area contributed by atoms with Crippen molar-refractivity contribution in [2.45, 2.75) is 6.18 Å². The molecule has 19 heavy (non-hydrogen) atoms. The Balaban J connectivity index is 3.36. The molecule has 0 aromatic heterocycles. The Morgan fingerprint density at radius 2 is 1.89 bits per heavy atom. The van der Waals surface area contributed by atoms with Gasteiger partial charge >= 0.3 is 6.18 Å². The summed E-state index contributed by atoms with van der Waals surface area (Å²) in [6, 6.07) is 5.14. The molecule has 0 aliphatic heterocycles. The first kappa shape index (κ1) is 15.8. The maximum absolute atomic E-state index is 13.4. The molecule has 0 aliphatic carbocycles. The molecule has 2 N–H and O–H groups in total. The standard InChI is InChI=1S/C11H9ClF4N2S/c1-19-18-10(11(14,15)16)8(12)9(17)6-4-2-3-5-7(6)13/h2-5H,17H2,1H3. The average Bonchev–Trinajstić information content (AvgIpc) is 2.33. The van der Waals surface area contributed by atoms with Gasteiger partial charge in [-0.05, 0) is 24.1 Å². The van der Waals surface area contributed by atoms with Crippen LogP contribution in [0.5, 0.6) is 0 Å². The van der Waals surface area contributed by atoms with Crippen molar-refractivity contribution in [3.05, 3.63) is 40.7 Å². The predicted molar refractivity (Wildman–Crippen MR) is 70.4 cm³/mol. The molecule has 1 aromatic rings. The average molecular weight is 313 g/mol. The molecular weight excluding hydrogens is 304 g/mol. The lowest BCUT2D eigenvalue weighted by atomic mass is 10.1. The molecule has 0 atom stereocenters. The number of nitrogens with two attached hydrogens (primary N) is 1. The van der Waals surface area contributed by atoms with E-state index in [4.69, 9.17) is 17.3 Å². The van der Waals surface area contributed by atoms with Gasteiger partial charge in [-0.25, -0.2) is 8.79 Å². The van der Waals surface area contributed by atoms with E-state index in [0.717, 1.165) is 6.07 Å². The van der Waals surface area contributed by atoms with Crippen LogP contribution in [0.1, 0.15) is 5.56 Å². The number of rotatable bonds is 3. The van der Waals surface area contributed by atoms with Gasteiger partial charge in [0.05, 0.1) is 10.7 Å². The number of allylic oxidation sites excluding steroid dienone is 1. The van der Waals surface area contributed by atoms with E-state index in [0.29, 0.717) is 11.9 Å². The quantitative estimate of drug-likeness (QED) is 0.521. The summed E-state index contributed by atoms with van der Waals surface area (Å²) in [4.78, 5) is 0. The summed E-state index contributed by atoms with van der Waals surface area (Å²) < 4.78 is 54.8. The Kier molecular flexibility index (Phi) is 5.25. The van der Waals surface area contributed by atoms with E-state index in [1.54, 1.807) is 0 Å². The molecule has 0 radical (unpaired) electrons. The fraction of sp³-hybridized carbons (Fsp3) is 0.182. The molecule has 0 unspecified atom stereocenters. The van der Waals surface area contributed by atoms with Crippen LogP contribution >= 0.6 is 23.5 Å². The fourth-order valence-electron chi connectivity index (χ4n) is 1.23. The van der Waals surface area contributed by atoms with Crippen LogP contribution in [0.2, 0.25) is 0 Å². The van der Waals surface area contributed by atoms with Crippen molar-refractivity contribution in [3.63, 3.8) is 0 Å². The smallest absolute Gasteiger partial charge is 0.397 e. The summed E-state index contributed by atoms with van der Waals surface area (Å²) in [6.07, 6.45) is -3.43. The third-order valence-electron chi connectivity index (χ3n) is 2.06. The molecule has 0 aliphatic rings. The van der Waals surface area contributed by atoms with E-state index < -0.39 is 28.4 Å². The van der Waals surface area contributed by atoms with E-state index in [9.17, 15) is 17.6 Å². The zero-order chi connectivity index (χ0) is 14.6. The molecule has 8 heteroatoms. The molecule has 1 rings (SSSR count). The number of hydrogen-bond donors (Lipinski definition) is 1. The SMILES string of the molecule is CSN=C(C(Cl)=C(N)c1ccccc1F)C(F)(F)F. The van der Waals surface area contributed by atoms with Gasteiger partial charge < -0.3 is 5.73 Å². The van der Waals surface area contributed by atoms with Crippen molar-refractivity contribution in [2.75, 3.05) is 6.26 Å². The highest BCUT2D eigenvalue weighted by Gasteiger charge is 2.39. The second kappa shape index (κ2) is 6.29. The Labute approximate surface area is 116 Å². The molecule has 104 valence electrons. The van der Waals surface area contributed by atoms with Crippen LogP contribution in [0.3, 0.4) is 0 Å². The van der Waals surface area contributed by atoms with Crippen LogP contribution in [-0.4, -0.2) is 18.1 Å². The summed E-state index contributed by atoms with van der Waals surface area (Å²) in [5.74, 6) is -0.760. The minimum Gasteiger partial charge on any atom is -0.397 e. The third-order valence-corrected chi connectivity index (χ3v) is 2.81. The van der Waals surface area contributed by atoms with Crippen LogP contribution in [-0.2, 0) is 0 Å². The summed E-state index contributed by atoms with van der Waals surface area (Å²) in [5, 5.41) is -0.827. The summed E-state index contributed by atoms with van der Waals surface area (Å²) in [5.41, 5.74) is 3.43. The maximum Gasteiger partial charge on any atom is 0.435 e. The van der Waals surface area contributed by atoms with Crippen LogP contribution in [0.4, 0.5) is 17.6 Å². The van der Waals surface area contributed by atoms with E-state index in [1.807, 2.05) is 0 Å². The highest BCUT2D eigenvalue weighted by Crippen LogP contribution is 2.30. The fourth-order valence-corrected chi connectivity index (χ4v) is 1.91. The molecule has 0 bridgehead atoms. The lowest BCUT2D eigenvalue weighted by Crippen LogP contribution is -2.24. The lowest BCUT2D eigenvalue weighted by Gasteiger charge is -2.12. The molecule has 0 heterocycles.